The fraction of sp³-hybridized carbons (Fsp3) is 0.316. The summed E-state index contributed by atoms with van der Waals surface area (Å²) >= 11 is 0. The van der Waals surface area contributed by atoms with Crippen LogP contribution in [0, 0.1) is 0 Å². The summed E-state index contributed by atoms with van der Waals surface area (Å²) in [5.74, 6) is -0.850. The third-order valence-electron chi connectivity index (χ3n) is 4.31. The van der Waals surface area contributed by atoms with Crippen LogP contribution in [-0.2, 0) is 13.0 Å². The third kappa shape index (κ3) is 4.18. The predicted molar refractivity (Wildman–Crippen MR) is 90.6 cm³/mol. The number of nitrogens with zero attached hydrogens (tertiary/aromatic N) is 1. The average molecular weight is 310 g/mol. The highest BCUT2D eigenvalue weighted by atomic mass is 16.4. The van der Waals surface area contributed by atoms with E-state index in [4.69, 9.17) is 0 Å². The highest BCUT2D eigenvalue weighted by molar-refractivity contribution is 5.89. The van der Waals surface area contributed by atoms with Crippen LogP contribution in [0.5, 0.6) is 0 Å². The van der Waals surface area contributed by atoms with Gasteiger partial charge in [-0.25, -0.2) is 4.79 Å². The number of aromatic carboxylic acids is 1. The maximum Gasteiger partial charge on any atom is 0.336 e. The highest BCUT2D eigenvalue weighted by Crippen LogP contribution is 2.14. The van der Waals surface area contributed by atoms with E-state index < -0.39 is 5.97 Å². The molecule has 2 N–H and O–H groups in total. The number of carboxylic acid groups (broad SMARTS) is 1. The number of hydrogen-bond acceptors (Lipinski definition) is 3. The Labute approximate surface area is 136 Å². The second kappa shape index (κ2) is 7.40. The van der Waals surface area contributed by atoms with Gasteiger partial charge in [-0.1, -0.05) is 48.5 Å². The molecule has 0 spiro atoms. The molecule has 1 aliphatic rings. The monoisotopic (exact) mass is 310 g/mol. The van der Waals surface area contributed by atoms with E-state index >= 15 is 0 Å². The molecule has 1 saturated heterocycles. The summed E-state index contributed by atoms with van der Waals surface area (Å²) in [6, 6.07) is 18.2. The van der Waals surface area contributed by atoms with Crippen LogP contribution in [0.15, 0.2) is 54.6 Å². The molecule has 0 aromatic heterocycles. The molecular weight excluding hydrogens is 288 g/mol. The first-order valence-corrected chi connectivity index (χ1v) is 8.03. The first-order chi connectivity index (χ1) is 11.2. The Bertz CT molecular complexity index is 657. The minimum Gasteiger partial charge on any atom is -0.478 e. The van der Waals surface area contributed by atoms with Gasteiger partial charge in [-0.2, -0.15) is 0 Å². The molecule has 1 atom stereocenters. The summed E-state index contributed by atoms with van der Waals surface area (Å²) in [4.78, 5) is 13.7. The Morgan fingerprint density at radius 3 is 2.65 bits per heavy atom. The molecular formula is C19H22N2O2. The lowest BCUT2D eigenvalue weighted by Crippen LogP contribution is -2.51. The van der Waals surface area contributed by atoms with Crippen molar-refractivity contribution < 1.29 is 9.90 Å². The Kier molecular flexibility index (Phi) is 5.05. The van der Waals surface area contributed by atoms with Crippen molar-refractivity contribution in [3.05, 3.63) is 71.3 Å². The van der Waals surface area contributed by atoms with Crippen LogP contribution in [0.3, 0.4) is 0 Å². The molecule has 1 heterocycles. The predicted octanol–water partition coefficient (Wildman–Crippen LogP) is 2.40. The molecule has 0 saturated carbocycles. The lowest BCUT2D eigenvalue weighted by atomic mass is 10.0. The summed E-state index contributed by atoms with van der Waals surface area (Å²) in [5, 5.41) is 12.9. The van der Waals surface area contributed by atoms with Crippen LogP contribution in [0.1, 0.15) is 21.5 Å². The fourth-order valence-electron chi connectivity index (χ4n) is 3.18. The molecule has 0 amide bonds. The Morgan fingerprint density at radius 2 is 1.87 bits per heavy atom. The van der Waals surface area contributed by atoms with Crippen molar-refractivity contribution in [3.8, 4) is 0 Å². The number of carbonyl (C=O) groups is 1. The van der Waals surface area contributed by atoms with Crippen molar-refractivity contribution in [1.29, 1.82) is 0 Å². The number of carboxylic acids is 1. The maximum absolute atomic E-state index is 11.3. The van der Waals surface area contributed by atoms with E-state index in [2.05, 4.69) is 34.5 Å². The van der Waals surface area contributed by atoms with Crippen molar-refractivity contribution in [1.82, 2.24) is 10.2 Å². The van der Waals surface area contributed by atoms with Crippen LogP contribution in [-0.4, -0.2) is 41.7 Å². The molecule has 2 aromatic carbocycles. The molecule has 0 radical (unpaired) electrons. The van der Waals surface area contributed by atoms with Crippen LogP contribution in [0.25, 0.3) is 0 Å². The topological polar surface area (TPSA) is 52.6 Å². The lowest BCUT2D eigenvalue weighted by Gasteiger charge is -2.34. The number of piperazine rings is 1. The zero-order chi connectivity index (χ0) is 16.1. The molecule has 4 nitrogen and oxygen atoms in total. The van der Waals surface area contributed by atoms with Crippen LogP contribution < -0.4 is 5.32 Å². The van der Waals surface area contributed by atoms with Gasteiger partial charge in [-0.15, -0.1) is 0 Å². The van der Waals surface area contributed by atoms with Gasteiger partial charge < -0.3 is 10.4 Å². The van der Waals surface area contributed by atoms with E-state index in [1.54, 1.807) is 12.1 Å². The largest absolute Gasteiger partial charge is 0.478 e. The van der Waals surface area contributed by atoms with E-state index in [9.17, 15) is 9.90 Å². The molecule has 23 heavy (non-hydrogen) atoms. The summed E-state index contributed by atoms with van der Waals surface area (Å²) in [6.07, 6.45) is 0.998. The van der Waals surface area contributed by atoms with Crippen molar-refractivity contribution >= 4 is 5.97 Å². The normalized spacial score (nSPS) is 18.7. The van der Waals surface area contributed by atoms with Crippen molar-refractivity contribution in [3.63, 3.8) is 0 Å². The lowest BCUT2D eigenvalue weighted by molar-refractivity contribution is 0.0694. The number of nitrogens with one attached hydrogen (secondary N) is 1. The minimum atomic E-state index is -0.850. The molecule has 1 fully saturated rings. The van der Waals surface area contributed by atoms with E-state index in [-0.39, 0.29) is 0 Å². The zero-order valence-corrected chi connectivity index (χ0v) is 13.1. The summed E-state index contributed by atoms with van der Waals surface area (Å²) < 4.78 is 0. The van der Waals surface area contributed by atoms with Crippen LogP contribution in [0.2, 0.25) is 0 Å². The summed E-state index contributed by atoms with van der Waals surface area (Å²) in [5.41, 5.74) is 2.63. The molecule has 1 unspecified atom stereocenters. The average Bonchev–Trinajstić information content (AvgIpc) is 2.56. The van der Waals surface area contributed by atoms with Gasteiger partial charge in [0.15, 0.2) is 0 Å². The Hall–Kier alpha value is -2.17. The second-order valence-electron chi connectivity index (χ2n) is 6.04. The van der Waals surface area contributed by atoms with Gasteiger partial charge in [0, 0.05) is 32.2 Å². The van der Waals surface area contributed by atoms with Gasteiger partial charge >= 0.3 is 5.97 Å². The number of benzene rings is 2. The minimum absolute atomic E-state index is 0.406. The number of rotatable bonds is 5. The molecule has 1 aliphatic heterocycles. The summed E-state index contributed by atoms with van der Waals surface area (Å²) in [6.45, 7) is 3.50. The highest BCUT2D eigenvalue weighted by Gasteiger charge is 2.21. The second-order valence-corrected chi connectivity index (χ2v) is 6.04. The standard InChI is InChI=1S/C19H22N2O2/c22-19(23)18-9-5-4-8-16(18)13-21-11-10-20-17(14-21)12-15-6-2-1-3-7-15/h1-9,17,20H,10-14H2,(H,22,23). The third-order valence-corrected chi connectivity index (χ3v) is 4.31. The van der Waals surface area contributed by atoms with Crippen molar-refractivity contribution in [2.45, 2.75) is 19.0 Å². The molecule has 3 rings (SSSR count). The van der Waals surface area contributed by atoms with Gasteiger partial charge in [0.2, 0.25) is 0 Å². The van der Waals surface area contributed by atoms with E-state index in [1.807, 2.05) is 18.2 Å². The molecule has 120 valence electrons. The summed E-state index contributed by atoms with van der Waals surface area (Å²) in [7, 11) is 0. The molecule has 2 aromatic rings. The van der Waals surface area contributed by atoms with Crippen LogP contribution in [0.4, 0.5) is 0 Å². The maximum atomic E-state index is 11.3. The van der Waals surface area contributed by atoms with Crippen molar-refractivity contribution in [2.24, 2.45) is 0 Å². The smallest absolute Gasteiger partial charge is 0.336 e. The van der Waals surface area contributed by atoms with E-state index in [0.717, 1.165) is 31.6 Å². The Balaban J connectivity index is 1.64. The Morgan fingerprint density at radius 1 is 1.13 bits per heavy atom. The van der Waals surface area contributed by atoms with Gasteiger partial charge in [0.1, 0.15) is 0 Å². The first-order valence-electron chi connectivity index (χ1n) is 8.03. The molecule has 4 heteroatoms. The van der Waals surface area contributed by atoms with E-state index in [0.29, 0.717) is 18.2 Å². The first kappa shape index (κ1) is 15.7. The van der Waals surface area contributed by atoms with Crippen LogP contribution >= 0.6 is 0 Å². The van der Waals surface area contributed by atoms with E-state index in [1.165, 1.54) is 5.56 Å². The van der Waals surface area contributed by atoms with Gasteiger partial charge in [-0.05, 0) is 23.6 Å². The number of hydrogen-bond donors (Lipinski definition) is 2. The molecule has 0 bridgehead atoms. The van der Waals surface area contributed by atoms with Crippen molar-refractivity contribution in [2.75, 3.05) is 19.6 Å². The molecule has 0 aliphatic carbocycles. The quantitative estimate of drug-likeness (QED) is 0.890. The fourth-order valence-corrected chi connectivity index (χ4v) is 3.18. The zero-order valence-electron chi connectivity index (χ0n) is 13.1. The van der Waals surface area contributed by atoms with Gasteiger partial charge in [-0.3, -0.25) is 4.90 Å². The SMILES string of the molecule is O=C(O)c1ccccc1CN1CCNC(Cc2ccccc2)C1. The van der Waals surface area contributed by atoms with Gasteiger partial charge in [0.25, 0.3) is 0 Å². The van der Waals surface area contributed by atoms with Gasteiger partial charge in [0.05, 0.1) is 5.56 Å².